The number of ether oxygens (including phenoxy) is 1. The maximum Gasteiger partial charge on any atom is 0.410 e. The van der Waals surface area contributed by atoms with Crippen molar-refractivity contribution in [3.63, 3.8) is 0 Å². The van der Waals surface area contributed by atoms with E-state index in [1.807, 2.05) is 27.7 Å². The third kappa shape index (κ3) is 4.38. The molecule has 0 aromatic heterocycles. The first-order valence-corrected chi connectivity index (χ1v) is 6.52. The number of carboxylic acids is 1. The van der Waals surface area contributed by atoms with Crippen molar-refractivity contribution >= 4 is 12.1 Å². The zero-order chi connectivity index (χ0) is 14.8. The van der Waals surface area contributed by atoms with Crippen LogP contribution in [0.15, 0.2) is 0 Å². The summed E-state index contributed by atoms with van der Waals surface area (Å²) in [7, 11) is 0. The molecule has 0 bridgehead atoms. The Labute approximate surface area is 113 Å². The number of amides is 1. The number of carboxylic acid groups (broad SMARTS) is 1. The number of carbonyl (C=O) groups excluding carboxylic acids is 1. The van der Waals surface area contributed by atoms with Crippen molar-refractivity contribution in [2.24, 2.45) is 11.7 Å². The third-order valence-corrected chi connectivity index (χ3v) is 3.45. The first-order chi connectivity index (χ1) is 8.53. The molecule has 1 heterocycles. The number of likely N-dealkylation sites (tertiary alicyclic amines) is 1. The number of nitrogens with zero attached hydrogens (tertiary/aromatic N) is 1. The van der Waals surface area contributed by atoms with Gasteiger partial charge in [0.25, 0.3) is 0 Å². The van der Waals surface area contributed by atoms with Crippen LogP contribution in [0.25, 0.3) is 0 Å². The van der Waals surface area contributed by atoms with Crippen LogP contribution in [-0.2, 0) is 9.53 Å². The number of hydrogen-bond acceptors (Lipinski definition) is 4. The predicted molar refractivity (Wildman–Crippen MR) is 70.8 cm³/mol. The molecule has 1 aliphatic heterocycles. The molecular formula is C13H24N2O4. The van der Waals surface area contributed by atoms with Crippen LogP contribution < -0.4 is 5.73 Å². The fourth-order valence-corrected chi connectivity index (χ4v) is 2.23. The number of aliphatic carboxylic acids is 1. The fraction of sp³-hybridized carbons (Fsp3) is 0.846. The Morgan fingerprint density at radius 2 is 2.05 bits per heavy atom. The Balaban J connectivity index is 2.63. The standard InChI is InChI=1S/C13H24N2O4/c1-9-8-15(11(18)19-12(2,3)4)6-5-13(9,14)7-10(16)17/h9H,5-8,14H2,1-4H3,(H,16,17). The summed E-state index contributed by atoms with van der Waals surface area (Å²) >= 11 is 0. The van der Waals surface area contributed by atoms with Crippen molar-refractivity contribution in [2.75, 3.05) is 13.1 Å². The van der Waals surface area contributed by atoms with Gasteiger partial charge in [-0.1, -0.05) is 6.92 Å². The Kier molecular flexibility index (Phi) is 4.45. The first-order valence-electron chi connectivity index (χ1n) is 6.52. The zero-order valence-corrected chi connectivity index (χ0v) is 12.1. The second kappa shape index (κ2) is 5.36. The second-order valence-electron chi connectivity index (χ2n) is 6.38. The van der Waals surface area contributed by atoms with Gasteiger partial charge in [-0.2, -0.15) is 0 Å². The predicted octanol–water partition coefficient (Wildman–Crippen LogP) is 1.44. The maximum absolute atomic E-state index is 11.9. The topological polar surface area (TPSA) is 92.9 Å². The molecule has 0 spiro atoms. The van der Waals surface area contributed by atoms with E-state index in [0.29, 0.717) is 19.5 Å². The average Bonchev–Trinajstić information content (AvgIpc) is 2.18. The van der Waals surface area contributed by atoms with E-state index in [9.17, 15) is 9.59 Å². The lowest BCUT2D eigenvalue weighted by molar-refractivity contribution is -0.139. The molecule has 6 heteroatoms. The molecule has 0 aliphatic carbocycles. The molecule has 1 rings (SSSR count). The molecule has 3 N–H and O–H groups in total. The van der Waals surface area contributed by atoms with E-state index >= 15 is 0 Å². The van der Waals surface area contributed by atoms with Crippen LogP contribution in [0.3, 0.4) is 0 Å². The quantitative estimate of drug-likeness (QED) is 0.793. The van der Waals surface area contributed by atoms with Gasteiger partial charge in [0.1, 0.15) is 5.60 Å². The number of hydrogen-bond donors (Lipinski definition) is 2. The Hall–Kier alpha value is -1.30. The summed E-state index contributed by atoms with van der Waals surface area (Å²) in [5, 5.41) is 8.89. The van der Waals surface area contributed by atoms with Gasteiger partial charge in [-0.15, -0.1) is 0 Å². The van der Waals surface area contributed by atoms with Crippen molar-refractivity contribution in [2.45, 2.75) is 51.7 Å². The Morgan fingerprint density at radius 3 is 2.47 bits per heavy atom. The van der Waals surface area contributed by atoms with Crippen molar-refractivity contribution in [1.29, 1.82) is 0 Å². The Morgan fingerprint density at radius 1 is 1.47 bits per heavy atom. The fourth-order valence-electron chi connectivity index (χ4n) is 2.23. The monoisotopic (exact) mass is 272 g/mol. The summed E-state index contributed by atoms with van der Waals surface area (Å²) in [5.74, 6) is -0.982. The molecule has 1 amide bonds. The molecule has 2 atom stereocenters. The number of rotatable bonds is 2. The van der Waals surface area contributed by atoms with Crippen LogP contribution in [-0.4, -0.2) is 46.3 Å². The summed E-state index contributed by atoms with van der Waals surface area (Å²) in [5.41, 5.74) is 4.86. The minimum absolute atomic E-state index is 0.0731. The number of nitrogens with two attached hydrogens (primary N) is 1. The lowest BCUT2D eigenvalue weighted by atomic mass is 9.77. The molecule has 1 fully saturated rings. The number of carbonyl (C=O) groups is 2. The molecule has 0 aromatic rings. The molecule has 0 saturated carbocycles. The van der Waals surface area contributed by atoms with Crippen molar-refractivity contribution in [3.8, 4) is 0 Å². The van der Waals surface area contributed by atoms with Gasteiger partial charge in [-0.05, 0) is 33.1 Å². The minimum Gasteiger partial charge on any atom is -0.481 e. The molecule has 19 heavy (non-hydrogen) atoms. The van der Waals surface area contributed by atoms with E-state index in [1.165, 1.54) is 0 Å². The highest BCUT2D eigenvalue weighted by Crippen LogP contribution is 2.29. The van der Waals surface area contributed by atoms with Crippen LogP contribution in [0.1, 0.15) is 40.5 Å². The maximum atomic E-state index is 11.9. The SMILES string of the molecule is CC1CN(C(=O)OC(C)(C)C)CCC1(N)CC(=O)O. The first kappa shape index (κ1) is 15.8. The lowest BCUT2D eigenvalue weighted by Gasteiger charge is -2.43. The zero-order valence-electron chi connectivity index (χ0n) is 12.1. The van der Waals surface area contributed by atoms with E-state index in [-0.39, 0.29) is 18.4 Å². The van der Waals surface area contributed by atoms with Crippen LogP contribution in [0.4, 0.5) is 4.79 Å². The van der Waals surface area contributed by atoms with Crippen molar-refractivity contribution in [1.82, 2.24) is 4.90 Å². The summed E-state index contributed by atoms with van der Waals surface area (Å²) < 4.78 is 5.30. The molecule has 0 aromatic carbocycles. The van der Waals surface area contributed by atoms with Crippen LogP contribution in [0, 0.1) is 5.92 Å². The van der Waals surface area contributed by atoms with Crippen molar-refractivity contribution < 1.29 is 19.4 Å². The highest BCUT2D eigenvalue weighted by molar-refractivity contribution is 5.70. The van der Waals surface area contributed by atoms with E-state index < -0.39 is 17.1 Å². The highest BCUT2D eigenvalue weighted by atomic mass is 16.6. The third-order valence-electron chi connectivity index (χ3n) is 3.45. The summed E-state index contributed by atoms with van der Waals surface area (Å²) in [6, 6.07) is 0. The molecule has 1 aliphatic rings. The van der Waals surface area contributed by atoms with Crippen LogP contribution in [0.2, 0.25) is 0 Å². The smallest absolute Gasteiger partial charge is 0.410 e. The second-order valence-corrected chi connectivity index (χ2v) is 6.38. The van der Waals surface area contributed by atoms with Crippen molar-refractivity contribution in [3.05, 3.63) is 0 Å². The lowest BCUT2D eigenvalue weighted by Crippen LogP contribution is -2.58. The summed E-state index contributed by atoms with van der Waals surface area (Å²) in [4.78, 5) is 24.4. The normalized spacial score (nSPS) is 28.1. The largest absolute Gasteiger partial charge is 0.481 e. The molecule has 2 unspecified atom stereocenters. The molecule has 110 valence electrons. The van der Waals surface area contributed by atoms with E-state index in [0.717, 1.165) is 0 Å². The number of piperidine rings is 1. The summed E-state index contributed by atoms with van der Waals surface area (Å²) in [6.07, 6.45) is 0.0347. The van der Waals surface area contributed by atoms with Gasteiger partial charge in [-0.3, -0.25) is 4.79 Å². The molecular weight excluding hydrogens is 248 g/mol. The van der Waals surface area contributed by atoms with Gasteiger partial charge in [0.05, 0.1) is 6.42 Å². The molecule has 0 radical (unpaired) electrons. The van der Waals surface area contributed by atoms with Gasteiger partial charge in [-0.25, -0.2) is 4.79 Å². The molecule has 6 nitrogen and oxygen atoms in total. The van der Waals surface area contributed by atoms with Gasteiger partial charge in [0.2, 0.25) is 0 Å². The van der Waals surface area contributed by atoms with E-state index in [1.54, 1.807) is 4.90 Å². The molecule has 1 saturated heterocycles. The highest BCUT2D eigenvalue weighted by Gasteiger charge is 2.41. The van der Waals surface area contributed by atoms with Gasteiger partial charge in [0.15, 0.2) is 0 Å². The van der Waals surface area contributed by atoms with Gasteiger partial charge in [0, 0.05) is 18.6 Å². The summed E-state index contributed by atoms with van der Waals surface area (Å²) in [6.45, 7) is 8.18. The Bertz CT molecular complexity index is 364. The average molecular weight is 272 g/mol. The van der Waals surface area contributed by atoms with E-state index in [4.69, 9.17) is 15.6 Å². The minimum atomic E-state index is -0.903. The van der Waals surface area contributed by atoms with Gasteiger partial charge < -0.3 is 20.5 Å². The van der Waals surface area contributed by atoms with E-state index in [2.05, 4.69) is 0 Å². The van der Waals surface area contributed by atoms with Crippen LogP contribution >= 0.6 is 0 Å². The van der Waals surface area contributed by atoms with Gasteiger partial charge >= 0.3 is 12.1 Å². The van der Waals surface area contributed by atoms with Crippen LogP contribution in [0.5, 0.6) is 0 Å².